The Morgan fingerprint density at radius 2 is 1.96 bits per heavy atom. The molecule has 0 unspecified atom stereocenters. The highest BCUT2D eigenvalue weighted by molar-refractivity contribution is 5.83. The summed E-state index contributed by atoms with van der Waals surface area (Å²) in [5.41, 5.74) is 2.34. The number of nitrogens with zero attached hydrogens (tertiary/aromatic N) is 6. The Bertz CT molecular complexity index is 1030. The average molecular weight is 372 g/mol. The zero-order valence-electron chi connectivity index (χ0n) is 15.0. The van der Waals surface area contributed by atoms with E-state index in [4.69, 9.17) is 0 Å². The van der Waals surface area contributed by atoms with Crippen LogP contribution in [0, 0.1) is 25.5 Å². The summed E-state index contributed by atoms with van der Waals surface area (Å²) in [5.74, 6) is -0.598. The lowest BCUT2D eigenvalue weighted by atomic mass is 10.1. The van der Waals surface area contributed by atoms with Gasteiger partial charge in [0.1, 0.15) is 12.1 Å². The fourth-order valence-corrected chi connectivity index (χ4v) is 3.30. The van der Waals surface area contributed by atoms with Crippen molar-refractivity contribution in [2.24, 2.45) is 0 Å². The van der Waals surface area contributed by atoms with Gasteiger partial charge in [-0.3, -0.25) is 4.79 Å². The molecule has 1 aliphatic rings. The smallest absolute Gasteiger partial charge is 0.254 e. The van der Waals surface area contributed by atoms with E-state index in [0.29, 0.717) is 24.4 Å². The Morgan fingerprint density at radius 3 is 2.70 bits per heavy atom. The van der Waals surface area contributed by atoms with Gasteiger partial charge in [-0.05, 0) is 31.5 Å². The molecule has 4 rings (SSSR count). The molecule has 3 heterocycles. The third kappa shape index (κ3) is 3.09. The van der Waals surface area contributed by atoms with Crippen LogP contribution in [0.5, 0.6) is 0 Å². The summed E-state index contributed by atoms with van der Waals surface area (Å²) in [7, 11) is 0. The quantitative estimate of drug-likeness (QED) is 0.702. The largest absolute Gasteiger partial charge is 0.345 e. The number of hydrogen-bond acceptors (Lipinski definition) is 5. The highest BCUT2D eigenvalue weighted by Gasteiger charge is 2.27. The van der Waals surface area contributed by atoms with Gasteiger partial charge in [0.05, 0.1) is 6.54 Å². The number of aryl methyl sites for hydroxylation is 1. The molecule has 3 aromatic rings. The lowest BCUT2D eigenvalue weighted by Gasteiger charge is -2.36. The monoisotopic (exact) mass is 372 g/mol. The van der Waals surface area contributed by atoms with Crippen LogP contribution in [0.1, 0.15) is 16.8 Å². The molecule has 0 saturated carbocycles. The topological polar surface area (TPSA) is 66.6 Å². The molecule has 1 aliphatic heterocycles. The van der Waals surface area contributed by atoms with Crippen LogP contribution in [0.25, 0.3) is 5.78 Å². The van der Waals surface area contributed by atoms with Gasteiger partial charge in [0.2, 0.25) is 5.91 Å². The standard InChI is InChI=1S/C18H18F2N6O/c1-11-12(2)23-18-21-10-22-26(18)17(11)25-6-5-24(16(27)9-25)8-13-3-4-14(19)15(20)7-13/h3-4,7,10H,5-6,8-9H2,1-2H3. The van der Waals surface area contributed by atoms with Crippen molar-refractivity contribution in [1.29, 1.82) is 0 Å². The highest BCUT2D eigenvalue weighted by atomic mass is 19.2. The molecule has 0 aliphatic carbocycles. The van der Waals surface area contributed by atoms with Crippen molar-refractivity contribution in [3.63, 3.8) is 0 Å². The van der Waals surface area contributed by atoms with E-state index < -0.39 is 11.6 Å². The maximum atomic E-state index is 13.4. The van der Waals surface area contributed by atoms with Gasteiger partial charge in [-0.25, -0.2) is 13.8 Å². The number of amides is 1. The van der Waals surface area contributed by atoms with Gasteiger partial charge in [-0.1, -0.05) is 6.07 Å². The summed E-state index contributed by atoms with van der Waals surface area (Å²) in [6, 6.07) is 3.70. The second kappa shape index (κ2) is 6.57. The summed E-state index contributed by atoms with van der Waals surface area (Å²) < 4.78 is 28.1. The first-order valence-electron chi connectivity index (χ1n) is 8.57. The fourth-order valence-electron chi connectivity index (χ4n) is 3.30. The van der Waals surface area contributed by atoms with Crippen molar-refractivity contribution >= 4 is 17.5 Å². The summed E-state index contributed by atoms with van der Waals surface area (Å²) in [6.07, 6.45) is 1.44. The van der Waals surface area contributed by atoms with Gasteiger partial charge in [0.15, 0.2) is 11.6 Å². The maximum absolute atomic E-state index is 13.4. The predicted molar refractivity (Wildman–Crippen MR) is 94.2 cm³/mol. The molecular weight excluding hydrogens is 354 g/mol. The van der Waals surface area contributed by atoms with Crippen LogP contribution >= 0.6 is 0 Å². The number of carbonyl (C=O) groups excluding carboxylic acids is 1. The van der Waals surface area contributed by atoms with Crippen LogP contribution in [0.2, 0.25) is 0 Å². The zero-order valence-corrected chi connectivity index (χ0v) is 15.0. The third-order valence-corrected chi connectivity index (χ3v) is 4.85. The van der Waals surface area contributed by atoms with Crippen LogP contribution in [0.3, 0.4) is 0 Å². The van der Waals surface area contributed by atoms with Gasteiger partial charge in [-0.2, -0.15) is 14.6 Å². The van der Waals surface area contributed by atoms with E-state index in [9.17, 15) is 13.6 Å². The average Bonchev–Trinajstić information content (AvgIpc) is 3.08. The number of hydrogen-bond donors (Lipinski definition) is 0. The first-order valence-corrected chi connectivity index (χ1v) is 8.57. The lowest BCUT2D eigenvalue weighted by molar-refractivity contribution is -0.131. The van der Waals surface area contributed by atoms with Crippen molar-refractivity contribution in [2.75, 3.05) is 24.5 Å². The number of benzene rings is 1. The zero-order chi connectivity index (χ0) is 19.1. The van der Waals surface area contributed by atoms with Gasteiger partial charge in [0, 0.05) is 30.9 Å². The fraction of sp³-hybridized carbons (Fsp3) is 0.333. The predicted octanol–water partition coefficient (Wildman–Crippen LogP) is 1.87. The van der Waals surface area contributed by atoms with Crippen LogP contribution in [-0.4, -0.2) is 50.0 Å². The lowest BCUT2D eigenvalue weighted by Crippen LogP contribution is -2.50. The summed E-state index contributed by atoms with van der Waals surface area (Å²) in [5, 5.41) is 4.22. The Balaban J connectivity index is 1.56. The van der Waals surface area contributed by atoms with E-state index in [1.165, 1.54) is 12.4 Å². The van der Waals surface area contributed by atoms with Crippen LogP contribution in [0.15, 0.2) is 24.5 Å². The molecule has 1 aromatic carbocycles. The van der Waals surface area contributed by atoms with Crippen LogP contribution < -0.4 is 4.90 Å². The van der Waals surface area contributed by atoms with Gasteiger partial charge in [0.25, 0.3) is 5.78 Å². The maximum Gasteiger partial charge on any atom is 0.254 e. The molecule has 2 aromatic heterocycles. The van der Waals surface area contributed by atoms with E-state index in [1.54, 1.807) is 9.42 Å². The minimum atomic E-state index is -0.907. The second-order valence-corrected chi connectivity index (χ2v) is 6.60. The Labute approximate surface area is 154 Å². The van der Waals surface area contributed by atoms with Crippen molar-refractivity contribution in [3.05, 3.63) is 53.0 Å². The number of rotatable bonds is 3. The Kier molecular flexibility index (Phi) is 4.21. The minimum absolute atomic E-state index is 0.0897. The number of aromatic nitrogens is 4. The minimum Gasteiger partial charge on any atom is -0.345 e. The van der Waals surface area contributed by atoms with Crippen molar-refractivity contribution in [2.45, 2.75) is 20.4 Å². The SMILES string of the molecule is Cc1nc2ncnn2c(N2CCN(Cc3ccc(F)c(F)c3)C(=O)C2)c1C. The normalized spacial score (nSPS) is 15.0. The number of fused-ring (bicyclic) bond motifs is 1. The first kappa shape index (κ1) is 17.3. The molecule has 1 fully saturated rings. The molecule has 0 atom stereocenters. The molecule has 1 amide bonds. The molecule has 0 spiro atoms. The van der Waals surface area contributed by atoms with Crippen LogP contribution in [0.4, 0.5) is 14.6 Å². The highest BCUT2D eigenvalue weighted by Crippen LogP contribution is 2.24. The third-order valence-electron chi connectivity index (χ3n) is 4.85. The molecule has 0 radical (unpaired) electrons. The molecule has 0 bridgehead atoms. The van der Waals surface area contributed by atoms with Gasteiger partial charge < -0.3 is 9.80 Å². The molecule has 27 heavy (non-hydrogen) atoms. The van der Waals surface area contributed by atoms with Crippen molar-refractivity contribution in [1.82, 2.24) is 24.5 Å². The number of carbonyl (C=O) groups is 1. The molecular formula is C18H18F2N6O. The van der Waals surface area contributed by atoms with E-state index >= 15 is 0 Å². The van der Waals surface area contributed by atoms with Crippen LogP contribution in [-0.2, 0) is 11.3 Å². The van der Waals surface area contributed by atoms with E-state index in [2.05, 4.69) is 15.1 Å². The molecule has 7 nitrogen and oxygen atoms in total. The molecule has 0 N–H and O–H groups in total. The first-order chi connectivity index (χ1) is 12.9. The Hall–Kier alpha value is -3.10. The number of anilines is 1. The number of piperazine rings is 1. The van der Waals surface area contributed by atoms with E-state index in [1.807, 2.05) is 18.7 Å². The summed E-state index contributed by atoms with van der Waals surface area (Å²) in [4.78, 5) is 24.8. The van der Waals surface area contributed by atoms with Gasteiger partial charge in [-0.15, -0.1) is 0 Å². The van der Waals surface area contributed by atoms with Crippen molar-refractivity contribution in [3.8, 4) is 0 Å². The van der Waals surface area contributed by atoms with Gasteiger partial charge >= 0.3 is 0 Å². The molecule has 1 saturated heterocycles. The summed E-state index contributed by atoms with van der Waals surface area (Å²) >= 11 is 0. The second-order valence-electron chi connectivity index (χ2n) is 6.60. The van der Waals surface area contributed by atoms with Crippen molar-refractivity contribution < 1.29 is 13.6 Å². The van der Waals surface area contributed by atoms with E-state index in [0.717, 1.165) is 29.2 Å². The summed E-state index contributed by atoms with van der Waals surface area (Å²) in [6.45, 7) is 5.31. The van der Waals surface area contributed by atoms with E-state index in [-0.39, 0.29) is 19.0 Å². The molecule has 9 heteroatoms. The molecule has 140 valence electrons. The Morgan fingerprint density at radius 1 is 1.15 bits per heavy atom. The number of halogens is 2.